The van der Waals surface area contributed by atoms with Gasteiger partial charge in [0.25, 0.3) is 0 Å². The maximum Gasteiger partial charge on any atom is 0.243 e. The monoisotopic (exact) mass is 437 g/mol. The van der Waals surface area contributed by atoms with Gasteiger partial charge in [-0.2, -0.15) is 4.31 Å². The van der Waals surface area contributed by atoms with Crippen molar-refractivity contribution in [2.24, 2.45) is 0 Å². The van der Waals surface area contributed by atoms with Crippen LogP contribution in [0, 0.1) is 0 Å². The van der Waals surface area contributed by atoms with E-state index >= 15 is 0 Å². The third-order valence-corrected chi connectivity index (χ3v) is 7.38. The molecule has 0 spiro atoms. The highest BCUT2D eigenvalue weighted by atomic mass is 32.2. The van der Waals surface area contributed by atoms with Crippen molar-refractivity contribution in [3.63, 3.8) is 0 Å². The Morgan fingerprint density at radius 1 is 1.00 bits per heavy atom. The zero-order valence-electron chi connectivity index (χ0n) is 18.4. The first-order chi connectivity index (χ1) is 14.3. The number of unbranched alkanes of at least 4 members (excludes halogenated alkanes) is 2. The minimum Gasteiger partial charge on any atom is -0.340 e. The molecular weight excluding hydrogens is 402 g/mol. The fourth-order valence-corrected chi connectivity index (χ4v) is 5.08. The van der Waals surface area contributed by atoms with Gasteiger partial charge in [0.15, 0.2) is 0 Å². The largest absolute Gasteiger partial charge is 0.340 e. The summed E-state index contributed by atoms with van der Waals surface area (Å²) in [6.45, 7) is 8.10. The molecule has 1 heterocycles. The normalized spacial score (nSPS) is 15.4. The number of hydrogen-bond donors (Lipinski definition) is 0. The van der Waals surface area contributed by atoms with E-state index in [-0.39, 0.29) is 48.7 Å². The van der Waals surface area contributed by atoms with Crippen molar-refractivity contribution in [2.75, 3.05) is 32.7 Å². The SMILES string of the molecule is CCCCCN(C(=O)CCC(=O)N1CCN(S(=O)(=O)c2ccccc2)CC1)C(C)C. The van der Waals surface area contributed by atoms with Gasteiger partial charge in [0.2, 0.25) is 21.8 Å². The Morgan fingerprint density at radius 2 is 1.63 bits per heavy atom. The molecule has 8 heteroatoms. The summed E-state index contributed by atoms with van der Waals surface area (Å²) < 4.78 is 26.8. The summed E-state index contributed by atoms with van der Waals surface area (Å²) in [4.78, 5) is 28.9. The molecule has 1 aromatic carbocycles. The van der Waals surface area contributed by atoms with E-state index in [4.69, 9.17) is 0 Å². The Labute approximate surface area is 181 Å². The minimum atomic E-state index is -3.53. The molecule has 1 saturated heterocycles. The average Bonchev–Trinajstić information content (AvgIpc) is 2.75. The van der Waals surface area contributed by atoms with Crippen LogP contribution < -0.4 is 0 Å². The second-order valence-corrected chi connectivity index (χ2v) is 9.92. The maximum absolute atomic E-state index is 12.7. The molecule has 30 heavy (non-hydrogen) atoms. The van der Waals surface area contributed by atoms with Gasteiger partial charge in [-0.3, -0.25) is 9.59 Å². The van der Waals surface area contributed by atoms with E-state index in [1.165, 1.54) is 4.31 Å². The highest BCUT2D eigenvalue weighted by Crippen LogP contribution is 2.18. The van der Waals surface area contributed by atoms with Crippen molar-refractivity contribution in [2.45, 2.75) is 63.8 Å². The van der Waals surface area contributed by atoms with E-state index in [0.717, 1.165) is 25.8 Å². The smallest absolute Gasteiger partial charge is 0.243 e. The molecule has 0 saturated carbocycles. The van der Waals surface area contributed by atoms with Crippen LogP contribution >= 0.6 is 0 Å². The molecule has 7 nitrogen and oxygen atoms in total. The van der Waals surface area contributed by atoms with Crippen LogP contribution in [-0.2, 0) is 19.6 Å². The van der Waals surface area contributed by atoms with Gasteiger partial charge >= 0.3 is 0 Å². The number of nitrogens with zero attached hydrogens (tertiary/aromatic N) is 3. The number of hydrogen-bond acceptors (Lipinski definition) is 4. The standard InChI is InChI=1S/C22H35N3O4S/c1-4-5-9-14-25(19(2)3)22(27)13-12-21(26)23-15-17-24(18-16-23)30(28,29)20-10-7-6-8-11-20/h6-8,10-11,19H,4-5,9,12-18H2,1-3H3. The van der Waals surface area contributed by atoms with Crippen LogP contribution in [0.15, 0.2) is 35.2 Å². The summed E-state index contributed by atoms with van der Waals surface area (Å²) in [7, 11) is -3.53. The van der Waals surface area contributed by atoms with Gasteiger partial charge in [-0.25, -0.2) is 8.42 Å². The van der Waals surface area contributed by atoms with Crippen molar-refractivity contribution in [1.29, 1.82) is 0 Å². The molecule has 0 aliphatic carbocycles. The van der Waals surface area contributed by atoms with Gasteiger partial charge in [0.1, 0.15) is 0 Å². The Hall–Kier alpha value is -1.93. The fraction of sp³-hybridized carbons (Fsp3) is 0.636. The van der Waals surface area contributed by atoms with E-state index in [1.54, 1.807) is 35.2 Å². The number of carbonyl (C=O) groups excluding carboxylic acids is 2. The Bertz CT molecular complexity index is 788. The zero-order chi connectivity index (χ0) is 22.1. The second kappa shape index (κ2) is 11.5. The Morgan fingerprint density at radius 3 is 2.20 bits per heavy atom. The van der Waals surface area contributed by atoms with Crippen molar-refractivity contribution in [3.05, 3.63) is 30.3 Å². The molecule has 0 atom stereocenters. The maximum atomic E-state index is 12.7. The van der Waals surface area contributed by atoms with Crippen molar-refractivity contribution >= 4 is 21.8 Å². The number of piperazine rings is 1. The highest BCUT2D eigenvalue weighted by Gasteiger charge is 2.30. The summed E-state index contributed by atoms with van der Waals surface area (Å²) in [5, 5.41) is 0. The van der Waals surface area contributed by atoms with E-state index in [0.29, 0.717) is 13.1 Å². The first kappa shape index (κ1) is 24.3. The van der Waals surface area contributed by atoms with E-state index < -0.39 is 10.0 Å². The van der Waals surface area contributed by atoms with Crippen LogP contribution in [0.1, 0.15) is 52.9 Å². The van der Waals surface area contributed by atoms with E-state index in [2.05, 4.69) is 6.92 Å². The summed E-state index contributed by atoms with van der Waals surface area (Å²) in [6, 6.07) is 8.47. The first-order valence-corrected chi connectivity index (χ1v) is 12.3. The van der Waals surface area contributed by atoms with Crippen LogP contribution in [0.4, 0.5) is 0 Å². The van der Waals surface area contributed by atoms with E-state index in [9.17, 15) is 18.0 Å². The van der Waals surface area contributed by atoms with Crippen LogP contribution in [-0.4, -0.2) is 73.1 Å². The van der Waals surface area contributed by atoms with Crippen molar-refractivity contribution in [1.82, 2.24) is 14.1 Å². The Kier molecular flexibility index (Phi) is 9.30. The molecule has 1 fully saturated rings. The zero-order valence-corrected chi connectivity index (χ0v) is 19.2. The summed E-state index contributed by atoms with van der Waals surface area (Å²) in [6.07, 6.45) is 3.54. The third-order valence-electron chi connectivity index (χ3n) is 5.47. The molecule has 1 aromatic rings. The number of carbonyl (C=O) groups is 2. The molecule has 0 unspecified atom stereocenters. The molecule has 2 amide bonds. The number of rotatable bonds is 10. The molecular formula is C22H35N3O4S. The minimum absolute atomic E-state index is 0.0137. The molecule has 2 rings (SSSR count). The number of benzene rings is 1. The molecule has 1 aliphatic heterocycles. The van der Waals surface area contributed by atoms with Gasteiger partial charge in [0, 0.05) is 51.6 Å². The van der Waals surface area contributed by atoms with Gasteiger partial charge in [-0.1, -0.05) is 38.0 Å². The van der Waals surface area contributed by atoms with Crippen LogP contribution in [0.25, 0.3) is 0 Å². The molecule has 1 aliphatic rings. The number of sulfonamides is 1. The van der Waals surface area contributed by atoms with Gasteiger partial charge in [0.05, 0.1) is 4.90 Å². The lowest BCUT2D eigenvalue weighted by Gasteiger charge is -2.34. The van der Waals surface area contributed by atoms with E-state index in [1.807, 2.05) is 18.7 Å². The summed E-state index contributed by atoms with van der Waals surface area (Å²) >= 11 is 0. The molecule has 0 N–H and O–H groups in total. The molecule has 168 valence electrons. The summed E-state index contributed by atoms with van der Waals surface area (Å²) in [5.41, 5.74) is 0. The quantitative estimate of drug-likeness (QED) is 0.527. The average molecular weight is 438 g/mol. The van der Waals surface area contributed by atoms with Crippen LogP contribution in [0.5, 0.6) is 0 Å². The topological polar surface area (TPSA) is 78.0 Å². The molecule has 0 bridgehead atoms. The second-order valence-electron chi connectivity index (χ2n) is 7.99. The third kappa shape index (κ3) is 6.54. The van der Waals surface area contributed by atoms with Crippen molar-refractivity contribution in [3.8, 4) is 0 Å². The Balaban J connectivity index is 1.83. The number of amides is 2. The predicted octanol–water partition coefficient (Wildman–Crippen LogP) is 2.73. The molecule has 0 radical (unpaired) electrons. The van der Waals surface area contributed by atoms with Gasteiger partial charge in [-0.15, -0.1) is 0 Å². The molecule has 0 aromatic heterocycles. The predicted molar refractivity (Wildman–Crippen MR) is 117 cm³/mol. The van der Waals surface area contributed by atoms with Gasteiger partial charge in [-0.05, 0) is 32.4 Å². The lowest BCUT2D eigenvalue weighted by Crippen LogP contribution is -2.50. The summed E-state index contributed by atoms with van der Waals surface area (Å²) in [5.74, 6) is -0.0721. The van der Waals surface area contributed by atoms with Crippen molar-refractivity contribution < 1.29 is 18.0 Å². The lowest BCUT2D eigenvalue weighted by atomic mass is 10.1. The fourth-order valence-electron chi connectivity index (χ4n) is 3.64. The first-order valence-electron chi connectivity index (χ1n) is 10.9. The van der Waals surface area contributed by atoms with Crippen LogP contribution in [0.3, 0.4) is 0 Å². The van der Waals surface area contributed by atoms with Crippen LogP contribution in [0.2, 0.25) is 0 Å². The highest BCUT2D eigenvalue weighted by molar-refractivity contribution is 7.89. The lowest BCUT2D eigenvalue weighted by molar-refractivity contribution is -0.138. The van der Waals surface area contributed by atoms with Gasteiger partial charge < -0.3 is 9.80 Å².